The number of hydrogen-bond acceptors (Lipinski definition) is 5. The zero-order valence-electron chi connectivity index (χ0n) is 13.8. The van der Waals surface area contributed by atoms with Crippen molar-refractivity contribution in [3.05, 3.63) is 81.9 Å². The Labute approximate surface area is 147 Å². The van der Waals surface area contributed by atoms with Crippen LogP contribution in [0.15, 0.2) is 65.1 Å². The summed E-state index contributed by atoms with van der Waals surface area (Å²) in [7, 11) is 0. The predicted octanol–water partition coefficient (Wildman–Crippen LogP) is 5.02. The summed E-state index contributed by atoms with van der Waals surface area (Å²) in [6.45, 7) is 1.58. The number of esters is 1. The van der Waals surface area contributed by atoms with Gasteiger partial charge in [-0.05, 0) is 37.3 Å². The standard InChI is InChI=1S/C20H13NO5/c1-12-5-4-7-15(19(12)21(23)24)20(22)25-13-9-10-18-16(11-13)14-6-2-3-8-17(14)26-18/h2-11H,1H3. The number of aryl methyl sites for hydroxylation is 1. The monoisotopic (exact) mass is 347 g/mol. The van der Waals surface area contributed by atoms with Crippen LogP contribution in [0.3, 0.4) is 0 Å². The molecule has 0 aliphatic carbocycles. The van der Waals surface area contributed by atoms with Gasteiger partial charge in [0.1, 0.15) is 22.5 Å². The Morgan fingerprint density at radius 1 is 1.00 bits per heavy atom. The highest BCUT2D eigenvalue weighted by Crippen LogP contribution is 2.32. The van der Waals surface area contributed by atoms with Crippen LogP contribution in [-0.2, 0) is 0 Å². The fraction of sp³-hybridized carbons (Fsp3) is 0.0500. The van der Waals surface area contributed by atoms with E-state index in [9.17, 15) is 14.9 Å². The minimum absolute atomic E-state index is 0.0767. The van der Waals surface area contributed by atoms with E-state index in [1.807, 2.05) is 24.3 Å². The molecule has 6 heteroatoms. The molecule has 6 nitrogen and oxygen atoms in total. The van der Waals surface area contributed by atoms with Crippen LogP contribution in [0, 0.1) is 17.0 Å². The Bertz CT molecular complexity index is 1180. The van der Waals surface area contributed by atoms with Gasteiger partial charge >= 0.3 is 5.97 Å². The van der Waals surface area contributed by atoms with Crippen molar-refractivity contribution < 1.29 is 18.9 Å². The first-order valence-electron chi connectivity index (χ1n) is 7.92. The maximum absolute atomic E-state index is 12.5. The van der Waals surface area contributed by atoms with Gasteiger partial charge in [-0.15, -0.1) is 0 Å². The van der Waals surface area contributed by atoms with Crippen molar-refractivity contribution in [3.63, 3.8) is 0 Å². The van der Waals surface area contributed by atoms with Crippen LogP contribution in [0.2, 0.25) is 0 Å². The SMILES string of the molecule is Cc1cccc(C(=O)Oc2ccc3oc4ccccc4c3c2)c1[N+](=O)[O-]. The number of nitrogens with zero attached hydrogens (tertiary/aromatic N) is 1. The molecule has 0 atom stereocenters. The molecule has 0 saturated heterocycles. The molecule has 0 radical (unpaired) electrons. The summed E-state index contributed by atoms with van der Waals surface area (Å²) in [5.41, 5.74) is 1.49. The topological polar surface area (TPSA) is 82.6 Å². The predicted molar refractivity (Wildman–Crippen MR) is 96.5 cm³/mol. The second-order valence-electron chi connectivity index (χ2n) is 5.87. The molecular formula is C20H13NO5. The Balaban J connectivity index is 1.74. The highest BCUT2D eigenvalue weighted by molar-refractivity contribution is 6.05. The first-order chi connectivity index (χ1) is 12.5. The quantitative estimate of drug-likeness (QED) is 0.225. The largest absolute Gasteiger partial charge is 0.456 e. The lowest BCUT2D eigenvalue weighted by Crippen LogP contribution is -2.11. The van der Waals surface area contributed by atoms with Crippen molar-refractivity contribution >= 4 is 33.6 Å². The van der Waals surface area contributed by atoms with E-state index in [1.165, 1.54) is 6.07 Å². The van der Waals surface area contributed by atoms with Gasteiger partial charge in [0.15, 0.2) is 0 Å². The normalized spacial score (nSPS) is 11.0. The van der Waals surface area contributed by atoms with Gasteiger partial charge in [0, 0.05) is 16.3 Å². The van der Waals surface area contributed by atoms with Crippen molar-refractivity contribution in [2.24, 2.45) is 0 Å². The number of hydrogen-bond donors (Lipinski definition) is 0. The number of nitro groups is 1. The van der Waals surface area contributed by atoms with E-state index < -0.39 is 10.9 Å². The van der Waals surface area contributed by atoms with Crippen molar-refractivity contribution in [1.29, 1.82) is 0 Å². The van der Waals surface area contributed by atoms with Crippen LogP contribution >= 0.6 is 0 Å². The van der Waals surface area contributed by atoms with Crippen LogP contribution in [0.5, 0.6) is 5.75 Å². The average molecular weight is 347 g/mol. The summed E-state index contributed by atoms with van der Waals surface area (Å²) < 4.78 is 11.1. The second kappa shape index (κ2) is 6.00. The van der Waals surface area contributed by atoms with Gasteiger partial charge < -0.3 is 9.15 Å². The number of rotatable bonds is 3. The number of ether oxygens (including phenoxy) is 1. The van der Waals surface area contributed by atoms with Gasteiger partial charge in [-0.3, -0.25) is 10.1 Å². The number of carbonyl (C=O) groups is 1. The lowest BCUT2D eigenvalue weighted by atomic mass is 10.1. The molecule has 1 heterocycles. The lowest BCUT2D eigenvalue weighted by Gasteiger charge is -2.06. The van der Waals surface area contributed by atoms with Gasteiger partial charge in [0.2, 0.25) is 0 Å². The summed E-state index contributed by atoms with van der Waals surface area (Å²) >= 11 is 0. The van der Waals surface area contributed by atoms with Crippen LogP contribution in [0.1, 0.15) is 15.9 Å². The van der Waals surface area contributed by atoms with Crippen molar-refractivity contribution in [3.8, 4) is 5.75 Å². The molecule has 4 rings (SSSR count). The van der Waals surface area contributed by atoms with Crippen molar-refractivity contribution in [1.82, 2.24) is 0 Å². The second-order valence-corrected chi connectivity index (χ2v) is 5.87. The van der Waals surface area contributed by atoms with Crippen molar-refractivity contribution in [2.45, 2.75) is 6.92 Å². The van der Waals surface area contributed by atoms with E-state index >= 15 is 0 Å². The molecule has 0 aliphatic rings. The summed E-state index contributed by atoms with van der Waals surface area (Å²) in [6.07, 6.45) is 0. The Hall–Kier alpha value is -3.67. The third kappa shape index (κ3) is 2.57. The number of para-hydroxylation sites is 2. The molecule has 0 fully saturated rings. The number of fused-ring (bicyclic) bond motifs is 3. The first-order valence-corrected chi connectivity index (χ1v) is 7.92. The molecule has 0 aliphatic heterocycles. The summed E-state index contributed by atoms with van der Waals surface area (Å²) in [5, 5.41) is 13.0. The summed E-state index contributed by atoms with van der Waals surface area (Å²) in [5.74, 6) is -0.475. The van der Waals surface area contributed by atoms with Gasteiger partial charge in [-0.1, -0.05) is 30.3 Å². The molecule has 128 valence electrons. The van der Waals surface area contributed by atoms with Crippen molar-refractivity contribution in [2.75, 3.05) is 0 Å². The average Bonchev–Trinajstić information content (AvgIpc) is 2.99. The fourth-order valence-corrected chi connectivity index (χ4v) is 3.00. The molecule has 0 saturated carbocycles. The number of benzene rings is 3. The molecule has 4 aromatic rings. The van der Waals surface area contributed by atoms with Gasteiger partial charge in [0.05, 0.1) is 4.92 Å². The molecule has 0 unspecified atom stereocenters. The lowest BCUT2D eigenvalue weighted by molar-refractivity contribution is -0.385. The van der Waals surface area contributed by atoms with Crippen LogP contribution < -0.4 is 4.74 Å². The van der Waals surface area contributed by atoms with E-state index in [0.717, 1.165) is 16.4 Å². The third-order valence-corrected chi connectivity index (χ3v) is 4.20. The maximum Gasteiger partial charge on any atom is 0.350 e. The van der Waals surface area contributed by atoms with E-state index in [1.54, 1.807) is 37.3 Å². The van der Waals surface area contributed by atoms with Crippen LogP contribution in [-0.4, -0.2) is 10.9 Å². The van der Waals surface area contributed by atoms with Crippen LogP contribution in [0.25, 0.3) is 21.9 Å². The van der Waals surface area contributed by atoms with E-state index in [2.05, 4.69) is 0 Å². The minimum Gasteiger partial charge on any atom is -0.456 e. The van der Waals surface area contributed by atoms with Gasteiger partial charge in [0.25, 0.3) is 5.69 Å². The highest BCUT2D eigenvalue weighted by Gasteiger charge is 2.24. The van der Waals surface area contributed by atoms with Gasteiger partial charge in [-0.25, -0.2) is 4.79 Å². The zero-order chi connectivity index (χ0) is 18.3. The molecule has 0 spiro atoms. The number of nitro benzene ring substituents is 1. The molecule has 0 amide bonds. The molecule has 3 aromatic carbocycles. The molecular weight excluding hydrogens is 334 g/mol. The van der Waals surface area contributed by atoms with E-state index in [4.69, 9.17) is 9.15 Å². The Morgan fingerprint density at radius 3 is 2.58 bits per heavy atom. The first kappa shape index (κ1) is 15.8. The smallest absolute Gasteiger partial charge is 0.350 e. The van der Waals surface area contributed by atoms with Gasteiger partial charge in [-0.2, -0.15) is 0 Å². The Morgan fingerprint density at radius 2 is 1.77 bits per heavy atom. The fourth-order valence-electron chi connectivity index (χ4n) is 3.00. The molecule has 26 heavy (non-hydrogen) atoms. The highest BCUT2D eigenvalue weighted by atomic mass is 16.6. The zero-order valence-corrected chi connectivity index (χ0v) is 13.8. The molecule has 0 N–H and O–H groups in total. The maximum atomic E-state index is 12.5. The minimum atomic E-state index is -0.771. The number of carbonyl (C=O) groups excluding carboxylic acids is 1. The summed E-state index contributed by atoms with van der Waals surface area (Å²) in [4.78, 5) is 23.2. The third-order valence-electron chi connectivity index (χ3n) is 4.20. The van der Waals surface area contributed by atoms with E-state index in [-0.39, 0.29) is 11.3 Å². The van der Waals surface area contributed by atoms with E-state index in [0.29, 0.717) is 16.9 Å². The summed E-state index contributed by atoms with van der Waals surface area (Å²) in [6, 6.07) is 17.1. The number of furan rings is 1. The Kier molecular flexibility index (Phi) is 3.65. The molecule has 0 bridgehead atoms. The molecule has 1 aromatic heterocycles. The van der Waals surface area contributed by atoms with Crippen LogP contribution in [0.4, 0.5) is 5.69 Å².